The number of aliphatic hydroxyl groups is 5. The topological polar surface area (TPSA) is 249 Å². The third-order valence-corrected chi connectivity index (χ3v) is 10.3. The number of halogens is 3. The molecule has 0 aromatic rings. The van der Waals surface area contributed by atoms with Gasteiger partial charge in [-0.15, -0.1) is 0 Å². The van der Waals surface area contributed by atoms with Gasteiger partial charge in [-0.2, -0.15) is 13.2 Å². The lowest BCUT2D eigenvalue weighted by Gasteiger charge is -2.46. The second-order valence-electron chi connectivity index (χ2n) is 14.6. The maximum Gasteiger partial charge on any atom is 0.471 e. The van der Waals surface area contributed by atoms with Crippen LogP contribution >= 0.6 is 0 Å². The Morgan fingerprint density at radius 3 is 2.20 bits per heavy atom. The number of carbonyl (C=O) groups excluding carboxylic acids is 3. The molecule has 2 heterocycles. The molecule has 0 bridgehead atoms. The summed E-state index contributed by atoms with van der Waals surface area (Å²) >= 11 is 0. The second-order valence-corrected chi connectivity index (χ2v) is 14.6. The molecule has 13 atom stereocenters. The normalized spacial score (nSPS) is 32.7. The minimum Gasteiger partial charge on any atom is -0.394 e. The lowest BCUT2D eigenvalue weighted by Crippen LogP contribution is -2.68. The van der Waals surface area contributed by atoms with E-state index in [2.05, 4.69) is 5.32 Å². The van der Waals surface area contributed by atoms with Crippen LogP contribution < -0.4 is 16.4 Å². The summed E-state index contributed by atoms with van der Waals surface area (Å²) in [5, 5.41) is 57.1. The third-order valence-electron chi connectivity index (χ3n) is 10.3. The van der Waals surface area contributed by atoms with E-state index in [9.17, 15) is 53.1 Å². The van der Waals surface area contributed by atoms with E-state index in [0.29, 0.717) is 32.2 Å². The van der Waals surface area contributed by atoms with Gasteiger partial charge >= 0.3 is 12.1 Å². The van der Waals surface area contributed by atoms with E-state index in [0.717, 1.165) is 32.1 Å². The van der Waals surface area contributed by atoms with Crippen molar-refractivity contribution in [1.82, 2.24) is 10.6 Å². The van der Waals surface area contributed by atoms with E-state index in [4.69, 9.17) is 29.4 Å². The Morgan fingerprint density at radius 2 is 1.61 bits per heavy atom. The van der Waals surface area contributed by atoms with Gasteiger partial charge in [0.1, 0.15) is 48.8 Å². The third kappa shape index (κ3) is 13.2. The van der Waals surface area contributed by atoms with Gasteiger partial charge in [-0.1, -0.05) is 58.8 Å². The number of alkyl halides is 3. The number of amides is 3. The van der Waals surface area contributed by atoms with Crippen LogP contribution in [0.1, 0.15) is 91.4 Å². The summed E-state index contributed by atoms with van der Waals surface area (Å²) in [6.45, 7) is 4.16. The first-order valence-corrected chi connectivity index (χ1v) is 19.0. The maximum atomic E-state index is 13.7. The molecule has 3 aliphatic rings. The standard InChI is InChI=1S/C35H60F3N3O13/c1-4-6-12-20(31(48)40-13-5-2)15-21(17-50-33-28(46)27(45)25(43)18(3)51-33)52-32-24(41-34(49)35(36,37)38)29(26(44)23(16-42)54-32)53-22(30(39)47)14-19-10-8-7-9-11-19/h18-29,32-33,42-46H,4-17H2,1-3H3,(H2,39,47)(H,40,48)(H,41,49)/t18-,20?,21+,22-,23-,24?,25?,26-,27-,28-,29?,32+,33?/m0/s1. The number of nitrogens with one attached hydrogen (secondary N) is 2. The second kappa shape index (κ2) is 21.9. The van der Waals surface area contributed by atoms with E-state index in [1.807, 2.05) is 13.8 Å². The number of aliphatic hydroxyl groups excluding tert-OH is 5. The average molecular weight is 788 g/mol. The van der Waals surface area contributed by atoms with E-state index >= 15 is 0 Å². The fourth-order valence-electron chi connectivity index (χ4n) is 7.11. The molecule has 5 unspecified atom stereocenters. The Balaban J connectivity index is 2.01. The van der Waals surface area contributed by atoms with Gasteiger partial charge in [0.15, 0.2) is 12.6 Å². The van der Waals surface area contributed by atoms with E-state index in [1.165, 1.54) is 6.92 Å². The molecule has 2 aliphatic heterocycles. The van der Waals surface area contributed by atoms with Gasteiger partial charge in [0.05, 0.1) is 25.4 Å². The van der Waals surface area contributed by atoms with Crippen LogP contribution in [0, 0.1) is 11.8 Å². The summed E-state index contributed by atoms with van der Waals surface area (Å²) in [6, 6.07) is -1.95. The predicted molar refractivity (Wildman–Crippen MR) is 183 cm³/mol. The van der Waals surface area contributed by atoms with E-state index in [-0.39, 0.29) is 24.7 Å². The SMILES string of the molecule is CCCCC(C[C@H](COC1O[C@@H](C)C(O)[C@H](O)[C@@H]1O)O[C@@H]1O[C@@H](CO)[C@H](O)C(O[C@@H](CC2CCCCC2)C(N)=O)C1NC(=O)C(F)(F)F)C(=O)NCCC. The van der Waals surface area contributed by atoms with Crippen LogP contribution in [0.2, 0.25) is 0 Å². The summed E-state index contributed by atoms with van der Waals surface area (Å²) < 4.78 is 70.5. The van der Waals surface area contributed by atoms with Crippen LogP contribution in [0.25, 0.3) is 0 Å². The van der Waals surface area contributed by atoms with Gasteiger partial charge in [-0.3, -0.25) is 14.4 Å². The molecule has 314 valence electrons. The van der Waals surface area contributed by atoms with Crippen LogP contribution in [0.5, 0.6) is 0 Å². The van der Waals surface area contributed by atoms with Crippen LogP contribution in [0.15, 0.2) is 0 Å². The number of primary amides is 1. The number of unbranched alkanes of at least 4 members (excludes halogenated alkanes) is 1. The molecule has 19 heteroatoms. The van der Waals surface area contributed by atoms with Crippen molar-refractivity contribution in [2.45, 2.75) is 171 Å². The number of hydrogen-bond donors (Lipinski definition) is 8. The zero-order valence-electron chi connectivity index (χ0n) is 31.2. The van der Waals surface area contributed by atoms with E-state index in [1.54, 1.807) is 5.32 Å². The highest BCUT2D eigenvalue weighted by Crippen LogP contribution is 2.33. The Bertz CT molecular complexity index is 1170. The molecule has 1 aliphatic carbocycles. The fourth-order valence-corrected chi connectivity index (χ4v) is 7.11. The van der Waals surface area contributed by atoms with Gasteiger partial charge in [-0.25, -0.2) is 0 Å². The van der Waals surface area contributed by atoms with Gasteiger partial charge in [0.25, 0.3) is 0 Å². The lowest BCUT2D eigenvalue weighted by atomic mass is 9.85. The number of nitrogens with two attached hydrogens (primary N) is 1. The Hall–Kier alpha value is -2.20. The molecule has 2 saturated heterocycles. The Morgan fingerprint density at radius 1 is 0.926 bits per heavy atom. The summed E-state index contributed by atoms with van der Waals surface area (Å²) in [5.41, 5.74) is 5.68. The number of hydrogen-bond acceptors (Lipinski definition) is 13. The summed E-state index contributed by atoms with van der Waals surface area (Å²) in [6.07, 6.45) is -16.0. The molecule has 16 nitrogen and oxygen atoms in total. The van der Waals surface area contributed by atoms with Crippen molar-refractivity contribution in [2.75, 3.05) is 19.8 Å². The summed E-state index contributed by atoms with van der Waals surface area (Å²) in [5.74, 6) is -4.47. The molecule has 3 fully saturated rings. The van der Waals surface area contributed by atoms with Gasteiger partial charge in [0, 0.05) is 12.5 Å². The van der Waals surface area contributed by atoms with E-state index < -0.39 is 111 Å². The molecule has 9 N–H and O–H groups in total. The number of carbonyl (C=O) groups is 3. The Labute approximate surface area is 313 Å². The van der Waals surface area contributed by atoms with Crippen molar-refractivity contribution in [1.29, 1.82) is 0 Å². The van der Waals surface area contributed by atoms with Gasteiger partial charge in [-0.05, 0) is 38.5 Å². The van der Waals surface area contributed by atoms with Crippen LogP contribution in [-0.2, 0) is 38.1 Å². The van der Waals surface area contributed by atoms with Crippen LogP contribution in [0.3, 0.4) is 0 Å². The monoisotopic (exact) mass is 787 g/mol. The summed E-state index contributed by atoms with van der Waals surface area (Å²) in [7, 11) is 0. The largest absolute Gasteiger partial charge is 0.471 e. The summed E-state index contributed by atoms with van der Waals surface area (Å²) in [4.78, 5) is 38.4. The average Bonchev–Trinajstić information content (AvgIpc) is 3.13. The minimum atomic E-state index is -5.42. The highest BCUT2D eigenvalue weighted by molar-refractivity contribution is 5.82. The molecule has 1 saturated carbocycles. The number of rotatable bonds is 20. The van der Waals surface area contributed by atoms with Crippen molar-refractivity contribution in [3.05, 3.63) is 0 Å². The molecule has 54 heavy (non-hydrogen) atoms. The van der Waals surface area contributed by atoms with Crippen LogP contribution in [0.4, 0.5) is 13.2 Å². The highest BCUT2D eigenvalue weighted by atomic mass is 19.4. The zero-order valence-corrected chi connectivity index (χ0v) is 31.2. The Kier molecular flexibility index (Phi) is 18.8. The lowest BCUT2D eigenvalue weighted by molar-refractivity contribution is -0.316. The zero-order chi connectivity index (χ0) is 40.2. The molecule has 0 spiro atoms. The van der Waals surface area contributed by atoms with Gasteiger partial charge in [0.2, 0.25) is 11.8 Å². The van der Waals surface area contributed by atoms with Crippen molar-refractivity contribution in [3.63, 3.8) is 0 Å². The van der Waals surface area contributed by atoms with Crippen molar-refractivity contribution < 1.29 is 76.8 Å². The molecule has 0 radical (unpaired) electrons. The first-order chi connectivity index (χ1) is 25.5. The quantitative estimate of drug-likeness (QED) is 0.0827. The van der Waals surface area contributed by atoms with Crippen molar-refractivity contribution in [2.24, 2.45) is 17.6 Å². The molecule has 0 aromatic heterocycles. The fraction of sp³-hybridized carbons (Fsp3) is 0.914. The molecular weight excluding hydrogens is 727 g/mol. The smallest absolute Gasteiger partial charge is 0.394 e. The first kappa shape index (κ1) is 46.2. The predicted octanol–water partition coefficient (Wildman–Crippen LogP) is 0.273. The molecule has 3 amide bonds. The number of ether oxygens (including phenoxy) is 5. The maximum absolute atomic E-state index is 13.7. The minimum absolute atomic E-state index is 0.00252. The first-order valence-electron chi connectivity index (χ1n) is 19.0. The van der Waals surface area contributed by atoms with Crippen molar-refractivity contribution >= 4 is 17.7 Å². The molecular formula is C35H60F3N3O13. The van der Waals surface area contributed by atoms with Crippen molar-refractivity contribution in [3.8, 4) is 0 Å². The highest BCUT2D eigenvalue weighted by Gasteiger charge is 2.52. The molecule has 0 aromatic carbocycles. The van der Waals surface area contributed by atoms with Gasteiger partial charge < -0.3 is 65.6 Å². The van der Waals surface area contributed by atoms with Crippen LogP contribution in [-0.4, -0.2) is 143 Å². The molecule has 3 rings (SSSR count).